The Hall–Kier alpha value is -0.0800. The summed E-state index contributed by atoms with van der Waals surface area (Å²) in [6, 6.07) is 0. The minimum atomic E-state index is -0.389. The van der Waals surface area contributed by atoms with Crippen LogP contribution in [0.4, 0.5) is 0 Å². The molecule has 0 aromatic heterocycles. The van der Waals surface area contributed by atoms with E-state index in [1.54, 1.807) is 0 Å². The molecule has 1 atom stereocenters. The summed E-state index contributed by atoms with van der Waals surface area (Å²) in [6.07, 6.45) is 20.5. The molecule has 0 saturated heterocycles. The minimum Gasteiger partial charge on any atom is -0.350 e. The van der Waals surface area contributed by atoms with E-state index in [1.807, 2.05) is 0 Å². The van der Waals surface area contributed by atoms with Crippen LogP contribution in [0.1, 0.15) is 137 Å². The van der Waals surface area contributed by atoms with Crippen LogP contribution in [-0.2, 0) is 9.47 Å². The van der Waals surface area contributed by atoms with Crippen molar-refractivity contribution in [3.05, 3.63) is 0 Å². The predicted molar refractivity (Wildman–Crippen MR) is 120 cm³/mol. The Morgan fingerprint density at radius 1 is 0.519 bits per heavy atom. The van der Waals surface area contributed by atoms with Crippen molar-refractivity contribution in [2.45, 2.75) is 143 Å². The lowest BCUT2D eigenvalue weighted by Crippen LogP contribution is -2.41. The maximum atomic E-state index is 6.44. The van der Waals surface area contributed by atoms with Gasteiger partial charge in [-0.25, -0.2) is 0 Å². The Morgan fingerprint density at radius 2 is 0.926 bits per heavy atom. The molecule has 2 nitrogen and oxygen atoms in total. The van der Waals surface area contributed by atoms with Crippen molar-refractivity contribution in [3.63, 3.8) is 0 Å². The van der Waals surface area contributed by atoms with Gasteiger partial charge in [-0.3, -0.25) is 0 Å². The number of hydrogen-bond donors (Lipinski definition) is 0. The highest BCUT2D eigenvalue weighted by molar-refractivity contribution is 4.76. The lowest BCUT2D eigenvalue weighted by molar-refractivity contribution is -0.259. The number of ether oxygens (including phenoxy) is 2. The van der Waals surface area contributed by atoms with E-state index in [0.29, 0.717) is 5.92 Å². The molecule has 0 heterocycles. The summed E-state index contributed by atoms with van der Waals surface area (Å²) < 4.78 is 12.9. The van der Waals surface area contributed by atoms with E-state index in [1.165, 1.54) is 89.9 Å². The Labute approximate surface area is 172 Å². The largest absolute Gasteiger partial charge is 0.350 e. The van der Waals surface area contributed by atoms with E-state index in [4.69, 9.17) is 9.47 Å². The van der Waals surface area contributed by atoms with Gasteiger partial charge in [0.2, 0.25) is 0 Å². The topological polar surface area (TPSA) is 18.5 Å². The van der Waals surface area contributed by atoms with E-state index in [2.05, 4.69) is 34.6 Å². The lowest BCUT2D eigenvalue weighted by Gasteiger charge is -2.38. The smallest absolute Gasteiger partial charge is 0.168 e. The summed E-state index contributed by atoms with van der Waals surface area (Å²) in [4.78, 5) is 0. The van der Waals surface area contributed by atoms with Crippen molar-refractivity contribution in [2.24, 2.45) is 5.92 Å². The molecule has 0 fully saturated rings. The van der Waals surface area contributed by atoms with Gasteiger partial charge in [-0.2, -0.15) is 0 Å². The van der Waals surface area contributed by atoms with Gasteiger partial charge in [-0.15, -0.1) is 0 Å². The van der Waals surface area contributed by atoms with Crippen LogP contribution in [-0.4, -0.2) is 19.0 Å². The fraction of sp³-hybridized carbons (Fsp3) is 1.00. The molecule has 0 spiro atoms. The fourth-order valence-corrected chi connectivity index (χ4v) is 3.82. The Balaban J connectivity index is 4.68. The molecule has 0 aromatic carbocycles. The molecule has 0 rings (SSSR count). The highest BCUT2D eigenvalue weighted by Crippen LogP contribution is 2.33. The Kier molecular flexibility index (Phi) is 19.2. The molecule has 0 aliphatic carbocycles. The molecule has 164 valence electrons. The zero-order chi connectivity index (χ0) is 20.2. The van der Waals surface area contributed by atoms with Gasteiger partial charge in [0, 0.05) is 5.92 Å². The van der Waals surface area contributed by atoms with E-state index in [9.17, 15) is 0 Å². The third-order valence-corrected chi connectivity index (χ3v) is 5.83. The average Bonchev–Trinajstić information content (AvgIpc) is 2.67. The van der Waals surface area contributed by atoms with Gasteiger partial charge < -0.3 is 9.47 Å². The van der Waals surface area contributed by atoms with Crippen molar-refractivity contribution in [1.29, 1.82) is 0 Å². The summed E-state index contributed by atoms with van der Waals surface area (Å²) in [5, 5.41) is 0. The molecular formula is C25H52O2. The quantitative estimate of drug-likeness (QED) is 0.145. The van der Waals surface area contributed by atoms with Crippen molar-refractivity contribution >= 4 is 0 Å². The Morgan fingerprint density at radius 3 is 1.44 bits per heavy atom. The summed E-state index contributed by atoms with van der Waals surface area (Å²) >= 11 is 0. The normalized spacial score (nSPS) is 13.2. The summed E-state index contributed by atoms with van der Waals surface area (Å²) in [7, 11) is 0. The molecule has 0 aliphatic heterocycles. The minimum absolute atomic E-state index is 0.389. The maximum absolute atomic E-state index is 6.44. The average molecular weight is 385 g/mol. The van der Waals surface area contributed by atoms with E-state index >= 15 is 0 Å². The highest BCUT2D eigenvalue weighted by Gasteiger charge is 2.35. The van der Waals surface area contributed by atoms with Crippen molar-refractivity contribution in [2.75, 3.05) is 13.2 Å². The van der Waals surface area contributed by atoms with Gasteiger partial charge >= 0.3 is 0 Å². The van der Waals surface area contributed by atoms with Crippen LogP contribution in [0, 0.1) is 5.92 Å². The van der Waals surface area contributed by atoms with Crippen LogP contribution >= 0.6 is 0 Å². The first-order valence-corrected chi connectivity index (χ1v) is 12.4. The monoisotopic (exact) mass is 384 g/mol. The predicted octanol–water partition coefficient (Wildman–Crippen LogP) is 8.67. The number of unbranched alkanes of at least 4 members (excludes halogenated alkanes) is 10. The highest BCUT2D eigenvalue weighted by atomic mass is 16.7. The van der Waals surface area contributed by atoms with Gasteiger partial charge in [-0.1, -0.05) is 105 Å². The molecule has 0 N–H and O–H groups in total. The van der Waals surface area contributed by atoms with Crippen molar-refractivity contribution in [3.8, 4) is 0 Å². The van der Waals surface area contributed by atoms with Crippen LogP contribution in [0.25, 0.3) is 0 Å². The van der Waals surface area contributed by atoms with Crippen LogP contribution in [0.15, 0.2) is 0 Å². The first-order chi connectivity index (χ1) is 13.1. The first-order valence-electron chi connectivity index (χ1n) is 12.4. The molecule has 1 unspecified atom stereocenters. The fourth-order valence-electron chi connectivity index (χ4n) is 3.82. The molecule has 0 aliphatic rings. The molecule has 0 saturated carbocycles. The van der Waals surface area contributed by atoms with Crippen LogP contribution in [0.3, 0.4) is 0 Å². The summed E-state index contributed by atoms with van der Waals surface area (Å²) in [6.45, 7) is 13.0. The Bertz CT molecular complexity index is 278. The third kappa shape index (κ3) is 14.6. The van der Waals surface area contributed by atoms with E-state index in [0.717, 1.165) is 26.1 Å². The van der Waals surface area contributed by atoms with E-state index < -0.39 is 0 Å². The molecule has 0 aromatic rings. The second kappa shape index (κ2) is 19.2. The summed E-state index contributed by atoms with van der Waals surface area (Å²) in [5.41, 5.74) is 0. The van der Waals surface area contributed by atoms with Crippen LogP contribution in [0.5, 0.6) is 0 Å². The van der Waals surface area contributed by atoms with E-state index in [-0.39, 0.29) is 5.79 Å². The SMILES string of the molecule is CCCCCCCCC(CCCC)C(C)(OCCCCC)OCCCCC. The molecule has 27 heavy (non-hydrogen) atoms. The standard InChI is InChI=1S/C25H52O2/c1-6-10-14-15-16-17-21-24(20-13-9-4)25(5,26-22-18-11-7-2)27-23-19-12-8-3/h24H,6-23H2,1-5H3. The molecule has 0 bridgehead atoms. The van der Waals surface area contributed by atoms with Gasteiger partial charge in [0.1, 0.15) is 0 Å². The second-order valence-electron chi connectivity index (χ2n) is 8.52. The number of hydrogen-bond acceptors (Lipinski definition) is 2. The third-order valence-electron chi connectivity index (χ3n) is 5.83. The maximum Gasteiger partial charge on any atom is 0.168 e. The van der Waals surface area contributed by atoms with Crippen LogP contribution < -0.4 is 0 Å². The zero-order valence-corrected chi connectivity index (χ0v) is 19.6. The van der Waals surface area contributed by atoms with Gasteiger partial charge in [0.25, 0.3) is 0 Å². The lowest BCUT2D eigenvalue weighted by atomic mass is 9.88. The number of rotatable bonds is 21. The first kappa shape index (κ1) is 26.9. The molecular weight excluding hydrogens is 332 g/mol. The second-order valence-corrected chi connectivity index (χ2v) is 8.52. The molecule has 0 radical (unpaired) electrons. The van der Waals surface area contributed by atoms with Crippen molar-refractivity contribution < 1.29 is 9.47 Å². The molecule has 0 amide bonds. The van der Waals surface area contributed by atoms with Crippen LogP contribution in [0.2, 0.25) is 0 Å². The van der Waals surface area contributed by atoms with Crippen molar-refractivity contribution in [1.82, 2.24) is 0 Å². The zero-order valence-electron chi connectivity index (χ0n) is 19.6. The summed E-state index contributed by atoms with van der Waals surface area (Å²) in [5.74, 6) is 0.145. The van der Waals surface area contributed by atoms with Gasteiger partial charge in [0.05, 0.1) is 13.2 Å². The molecule has 2 heteroatoms. The van der Waals surface area contributed by atoms with Gasteiger partial charge in [0.15, 0.2) is 5.79 Å². The van der Waals surface area contributed by atoms with Gasteiger partial charge in [-0.05, 0) is 32.6 Å².